The third-order valence-electron chi connectivity index (χ3n) is 8.64. The van der Waals surface area contributed by atoms with Crippen molar-refractivity contribution in [3.63, 3.8) is 0 Å². The maximum Gasteiger partial charge on any atom is 0.251 e. The van der Waals surface area contributed by atoms with Gasteiger partial charge in [0, 0.05) is 17.5 Å². The summed E-state index contributed by atoms with van der Waals surface area (Å²) in [7, 11) is 0. The van der Waals surface area contributed by atoms with E-state index in [2.05, 4.69) is 54.0 Å². The molecule has 0 heterocycles. The summed E-state index contributed by atoms with van der Waals surface area (Å²) in [5, 5.41) is 0.733. The van der Waals surface area contributed by atoms with E-state index in [1.54, 1.807) is 0 Å². The number of hydrogen-bond donors (Lipinski definition) is 1. The predicted octanol–water partition coefficient (Wildman–Crippen LogP) is 5.37. The Balaban J connectivity index is 1.41. The highest BCUT2D eigenvalue weighted by Gasteiger charge is 2.63. The molecule has 5 aliphatic carbocycles. The SMILES string of the molecule is CCSC1C2CC3(C(=O)N=CC4CCC(N)CC4)CC1CC(c1ccccc1)(C2)C3. The fourth-order valence-corrected chi connectivity index (χ4v) is 8.87. The van der Waals surface area contributed by atoms with Crippen LogP contribution in [0.15, 0.2) is 35.3 Å². The van der Waals surface area contributed by atoms with Crippen LogP contribution in [0.5, 0.6) is 0 Å². The largest absolute Gasteiger partial charge is 0.328 e. The Labute approximate surface area is 185 Å². The van der Waals surface area contributed by atoms with Crippen molar-refractivity contribution in [1.82, 2.24) is 0 Å². The van der Waals surface area contributed by atoms with E-state index in [1.807, 2.05) is 6.21 Å². The lowest BCUT2D eigenvalue weighted by Crippen LogP contribution is -2.61. The van der Waals surface area contributed by atoms with Gasteiger partial charge in [0.05, 0.1) is 5.41 Å². The Kier molecular flexibility index (Phi) is 5.60. The molecule has 0 spiro atoms. The standard InChI is InChI=1S/C26H36N2OS/c1-2-30-23-19-12-25(21-6-4-3-5-7-21)13-20(23)15-26(14-19,17-25)24(29)28-16-18-8-10-22(27)11-9-18/h3-7,16,18-20,22-23H,2,8-15,17,27H2,1H3. The molecular weight excluding hydrogens is 388 g/mol. The van der Waals surface area contributed by atoms with Crippen LogP contribution >= 0.6 is 11.8 Å². The van der Waals surface area contributed by atoms with Gasteiger partial charge in [-0.1, -0.05) is 37.3 Å². The molecule has 1 aromatic carbocycles. The van der Waals surface area contributed by atoms with Crippen LogP contribution in [0.1, 0.15) is 70.3 Å². The lowest BCUT2D eigenvalue weighted by atomic mass is 9.42. The van der Waals surface area contributed by atoms with E-state index in [9.17, 15) is 4.79 Å². The van der Waals surface area contributed by atoms with Crippen molar-refractivity contribution in [1.29, 1.82) is 0 Å². The van der Waals surface area contributed by atoms with Gasteiger partial charge in [-0.05, 0) is 92.3 Å². The molecule has 0 aromatic heterocycles. The van der Waals surface area contributed by atoms with Gasteiger partial charge in [-0.2, -0.15) is 11.8 Å². The van der Waals surface area contributed by atoms with Crippen LogP contribution in [0.3, 0.4) is 0 Å². The first-order chi connectivity index (χ1) is 14.5. The predicted molar refractivity (Wildman–Crippen MR) is 126 cm³/mol. The molecule has 5 fully saturated rings. The molecule has 0 saturated heterocycles. The van der Waals surface area contributed by atoms with E-state index in [0.717, 1.165) is 50.2 Å². The van der Waals surface area contributed by atoms with E-state index in [4.69, 9.17) is 5.73 Å². The summed E-state index contributed by atoms with van der Waals surface area (Å²) in [6, 6.07) is 11.4. The number of hydrogen-bond acceptors (Lipinski definition) is 3. The van der Waals surface area contributed by atoms with Crippen LogP contribution in [-0.4, -0.2) is 29.2 Å². The number of aliphatic imine (C=N–C) groups is 1. The highest BCUT2D eigenvalue weighted by molar-refractivity contribution is 7.99. The van der Waals surface area contributed by atoms with Crippen LogP contribution < -0.4 is 5.73 Å². The molecule has 5 aliphatic rings. The Morgan fingerprint density at radius 2 is 1.77 bits per heavy atom. The molecule has 2 N–H and O–H groups in total. The summed E-state index contributed by atoms with van der Waals surface area (Å²) >= 11 is 2.15. The number of thioether (sulfide) groups is 1. The zero-order chi connectivity index (χ0) is 20.8. The van der Waals surface area contributed by atoms with E-state index in [1.165, 1.54) is 24.2 Å². The van der Waals surface area contributed by atoms with Crippen LogP contribution in [0.2, 0.25) is 0 Å². The first-order valence-corrected chi connectivity index (χ1v) is 13.1. The molecule has 162 valence electrons. The number of carbonyl (C=O) groups excluding carboxylic acids is 1. The Hall–Kier alpha value is -1.13. The van der Waals surface area contributed by atoms with Gasteiger partial charge in [-0.15, -0.1) is 0 Å². The molecular formula is C26H36N2OS. The van der Waals surface area contributed by atoms with Crippen LogP contribution in [0.4, 0.5) is 0 Å². The highest BCUT2D eigenvalue weighted by Crippen LogP contribution is 2.67. The van der Waals surface area contributed by atoms with Gasteiger partial charge < -0.3 is 5.73 Å². The highest BCUT2D eigenvalue weighted by atomic mass is 32.2. The van der Waals surface area contributed by atoms with Crippen molar-refractivity contribution >= 4 is 23.9 Å². The maximum absolute atomic E-state index is 13.6. The van der Waals surface area contributed by atoms with Crippen LogP contribution in [0, 0.1) is 23.2 Å². The van der Waals surface area contributed by atoms with Gasteiger partial charge in [0.1, 0.15) is 0 Å². The Morgan fingerprint density at radius 1 is 1.10 bits per heavy atom. The van der Waals surface area contributed by atoms with E-state index >= 15 is 0 Å². The fraction of sp³-hybridized carbons (Fsp3) is 0.692. The summed E-state index contributed by atoms with van der Waals surface area (Å²) in [4.78, 5) is 18.3. The maximum atomic E-state index is 13.6. The Bertz CT molecular complexity index is 783. The quantitative estimate of drug-likeness (QED) is 0.646. The molecule has 1 amide bonds. The van der Waals surface area contributed by atoms with Crippen molar-refractivity contribution in [2.45, 2.75) is 81.4 Å². The molecule has 1 aromatic rings. The molecule has 4 heteroatoms. The minimum absolute atomic E-state index is 0.181. The first kappa shape index (κ1) is 20.8. The summed E-state index contributed by atoms with van der Waals surface area (Å²) in [6.07, 6.45) is 11.9. The molecule has 4 bridgehead atoms. The van der Waals surface area contributed by atoms with E-state index in [-0.39, 0.29) is 16.7 Å². The summed E-state index contributed by atoms with van der Waals surface area (Å²) in [6.45, 7) is 2.28. The number of carbonyl (C=O) groups is 1. The summed E-state index contributed by atoms with van der Waals surface area (Å²) < 4.78 is 0. The molecule has 5 saturated carbocycles. The van der Waals surface area contributed by atoms with Gasteiger partial charge in [-0.3, -0.25) is 4.79 Å². The number of rotatable bonds is 5. The molecule has 2 atom stereocenters. The molecule has 3 nitrogen and oxygen atoms in total. The topological polar surface area (TPSA) is 55.5 Å². The average Bonchev–Trinajstić information content (AvgIpc) is 2.76. The second-order valence-electron chi connectivity index (χ2n) is 10.6. The smallest absolute Gasteiger partial charge is 0.251 e. The van der Waals surface area contributed by atoms with E-state index < -0.39 is 0 Å². The van der Waals surface area contributed by atoms with Crippen molar-refractivity contribution in [3.05, 3.63) is 35.9 Å². The molecule has 6 rings (SSSR count). The second kappa shape index (κ2) is 8.09. The Morgan fingerprint density at radius 3 is 2.40 bits per heavy atom. The first-order valence-electron chi connectivity index (χ1n) is 12.0. The van der Waals surface area contributed by atoms with Gasteiger partial charge in [0.2, 0.25) is 0 Å². The lowest BCUT2D eigenvalue weighted by molar-refractivity contribution is -0.144. The zero-order valence-electron chi connectivity index (χ0n) is 18.3. The third-order valence-corrected chi connectivity index (χ3v) is 10.1. The number of amides is 1. The van der Waals surface area contributed by atoms with Gasteiger partial charge >= 0.3 is 0 Å². The van der Waals surface area contributed by atoms with Crippen molar-refractivity contribution in [3.8, 4) is 0 Å². The number of nitrogens with two attached hydrogens (primary N) is 1. The lowest BCUT2D eigenvalue weighted by Gasteiger charge is -2.64. The third kappa shape index (κ3) is 3.58. The van der Waals surface area contributed by atoms with Crippen LogP contribution in [-0.2, 0) is 10.2 Å². The van der Waals surface area contributed by atoms with Crippen molar-refractivity contribution < 1.29 is 4.79 Å². The molecule has 0 radical (unpaired) electrons. The molecule has 30 heavy (non-hydrogen) atoms. The number of nitrogens with zero attached hydrogens (tertiary/aromatic N) is 1. The summed E-state index contributed by atoms with van der Waals surface area (Å²) in [5.74, 6) is 3.12. The normalized spacial score (nSPS) is 42.7. The minimum Gasteiger partial charge on any atom is -0.328 e. The number of benzene rings is 1. The van der Waals surface area contributed by atoms with Gasteiger partial charge in [-0.25, -0.2) is 4.99 Å². The molecule has 2 unspecified atom stereocenters. The average molecular weight is 425 g/mol. The monoisotopic (exact) mass is 424 g/mol. The van der Waals surface area contributed by atoms with E-state index in [0.29, 0.717) is 23.8 Å². The van der Waals surface area contributed by atoms with Crippen LogP contribution in [0.25, 0.3) is 0 Å². The van der Waals surface area contributed by atoms with Crippen molar-refractivity contribution in [2.24, 2.45) is 33.9 Å². The van der Waals surface area contributed by atoms with Gasteiger partial charge in [0.25, 0.3) is 5.91 Å². The minimum atomic E-state index is -0.228. The fourth-order valence-electron chi connectivity index (χ4n) is 7.55. The zero-order valence-corrected chi connectivity index (χ0v) is 19.1. The molecule has 0 aliphatic heterocycles. The summed E-state index contributed by atoms with van der Waals surface area (Å²) in [5.41, 5.74) is 7.46. The van der Waals surface area contributed by atoms with Crippen molar-refractivity contribution in [2.75, 3.05) is 5.75 Å². The second-order valence-corrected chi connectivity index (χ2v) is 12.1. The van der Waals surface area contributed by atoms with Gasteiger partial charge in [0.15, 0.2) is 0 Å².